The number of methoxy groups -OCH3 is 1. The lowest BCUT2D eigenvalue weighted by Crippen LogP contribution is -2.26. The molecule has 6 nitrogen and oxygen atoms in total. The third-order valence-corrected chi connectivity index (χ3v) is 5.98. The summed E-state index contributed by atoms with van der Waals surface area (Å²) in [6.07, 6.45) is 0. The van der Waals surface area contributed by atoms with E-state index in [1.165, 1.54) is 19.2 Å². The maximum atomic E-state index is 12.9. The van der Waals surface area contributed by atoms with Crippen LogP contribution in [0.1, 0.15) is 27.0 Å². The Labute approximate surface area is 177 Å². The van der Waals surface area contributed by atoms with Crippen LogP contribution in [0.5, 0.6) is 5.75 Å². The molecule has 0 atom stereocenters. The fourth-order valence-electron chi connectivity index (χ4n) is 2.99. The highest BCUT2D eigenvalue weighted by atomic mass is 32.2. The summed E-state index contributed by atoms with van der Waals surface area (Å²) in [6, 6.07) is 21.4. The second kappa shape index (κ2) is 9.56. The summed E-state index contributed by atoms with van der Waals surface area (Å²) in [5.41, 5.74) is 3.13. The summed E-state index contributed by atoms with van der Waals surface area (Å²) in [7, 11) is -2.49. The number of carbonyl (C=O) groups excluding carboxylic acids is 1. The van der Waals surface area contributed by atoms with Crippen LogP contribution >= 0.6 is 0 Å². The Hall–Kier alpha value is -3.16. The number of hydrogen-bond acceptors (Lipinski definition) is 4. The maximum absolute atomic E-state index is 12.9. The quantitative estimate of drug-likeness (QED) is 0.580. The first-order chi connectivity index (χ1) is 14.4. The van der Waals surface area contributed by atoms with Gasteiger partial charge in [0.15, 0.2) is 0 Å². The molecular weight excluding hydrogens is 400 g/mol. The summed E-state index contributed by atoms with van der Waals surface area (Å²) < 4.78 is 33.5. The molecule has 3 aromatic rings. The summed E-state index contributed by atoms with van der Waals surface area (Å²) in [5.74, 6) is -0.190. The summed E-state index contributed by atoms with van der Waals surface area (Å²) >= 11 is 0. The van der Waals surface area contributed by atoms with Crippen molar-refractivity contribution in [1.29, 1.82) is 0 Å². The molecule has 156 valence electrons. The zero-order valence-corrected chi connectivity index (χ0v) is 17.7. The predicted molar refractivity (Wildman–Crippen MR) is 116 cm³/mol. The van der Waals surface area contributed by atoms with Gasteiger partial charge in [-0.25, -0.2) is 13.1 Å². The minimum Gasteiger partial charge on any atom is -0.495 e. The fourth-order valence-corrected chi connectivity index (χ4v) is 4.20. The van der Waals surface area contributed by atoms with Gasteiger partial charge in [0.2, 0.25) is 10.0 Å². The van der Waals surface area contributed by atoms with Gasteiger partial charge in [0, 0.05) is 18.7 Å². The highest BCUT2D eigenvalue weighted by Gasteiger charge is 2.21. The molecule has 0 spiro atoms. The van der Waals surface area contributed by atoms with E-state index >= 15 is 0 Å². The van der Waals surface area contributed by atoms with Gasteiger partial charge in [-0.05, 0) is 36.2 Å². The smallest absolute Gasteiger partial charge is 0.251 e. The first kappa shape index (κ1) is 21.5. The normalized spacial score (nSPS) is 11.1. The Morgan fingerprint density at radius 3 is 2.33 bits per heavy atom. The molecule has 0 aliphatic carbocycles. The molecule has 30 heavy (non-hydrogen) atoms. The molecule has 0 heterocycles. The monoisotopic (exact) mass is 424 g/mol. The van der Waals surface area contributed by atoms with Crippen molar-refractivity contribution in [3.05, 3.63) is 95.1 Å². The zero-order chi connectivity index (χ0) is 21.6. The van der Waals surface area contributed by atoms with Crippen LogP contribution in [0, 0.1) is 6.92 Å². The van der Waals surface area contributed by atoms with Crippen LogP contribution in [-0.4, -0.2) is 21.4 Å². The van der Waals surface area contributed by atoms with Crippen molar-refractivity contribution in [1.82, 2.24) is 10.0 Å². The number of nitrogens with one attached hydrogen (secondary N) is 2. The molecule has 0 saturated carbocycles. The average molecular weight is 425 g/mol. The van der Waals surface area contributed by atoms with Crippen molar-refractivity contribution in [3.8, 4) is 5.75 Å². The molecule has 0 aliphatic rings. The zero-order valence-electron chi connectivity index (χ0n) is 16.9. The number of carbonyl (C=O) groups is 1. The second-order valence-corrected chi connectivity index (χ2v) is 8.58. The lowest BCUT2D eigenvalue weighted by molar-refractivity contribution is 0.0950. The number of ether oxygens (including phenoxy) is 1. The fraction of sp³-hybridized carbons (Fsp3) is 0.174. The minimum atomic E-state index is -3.88. The van der Waals surface area contributed by atoms with E-state index in [-0.39, 0.29) is 28.7 Å². The van der Waals surface area contributed by atoms with Gasteiger partial charge >= 0.3 is 0 Å². The van der Waals surface area contributed by atoms with Gasteiger partial charge in [0.25, 0.3) is 5.91 Å². The number of rotatable bonds is 8. The molecule has 0 bridgehead atoms. The third-order valence-electron chi connectivity index (χ3n) is 4.56. The van der Waals surface area contributed by atoms with E-state index in [4.69, 9.17) is 4.74 Å². The average Bonchev–Trinajstić information content (AvgIpc) is 2.76. The van der Waals surface area contributed by atoms with Gasteiger partial charge in [-0.3, -0.25) is 4.79 Å². The van der Waals surface area contributed by atoms with Gasteiger partial charge in [-0.2, -0.15) is 0 Å². The molecule has 0 radical (unpaired) electrons. The molecule has 3 aromatic carbocycles. The summed E-state index contributed by atoms with van der Waals surface area (Å²) in [4.78, 5) is 12.5. The SMILES string of the molecule is COc1ccc(C(=O)NCc2cccc(C)c2)cc1S(=O)(=O)NCc1ccccc1. The van der Waals surface area contributed by atoms with Gasteiger partial charge in [-0.1, -0.05) is 60.2 Å². The number of aryl methyl sites for hydroxylation is 1. The van der Waals surface area contributed by atoms with Crippen molar-refractivity contribution in [2.75, 3.05) is 7.11 Å². The number of hydrogen-bond donors (Lipinski definition) is 2. The minimum absolute atomic E-state index is 0.0795. The van der Waals surface area contributed by atoms with Crippen molar-refractivity contribution >= 4 is 15.9 Å². The Bertz CT molecular complexity index is 1130. The molecule has 2 N–H and O–H groups in total. The summed E-state index contributed by atoms with van der Waals surface area (Å²) in [6.45, 7) is 2.46. The standard InChI is InChI=1S/C23H24N2O4S/c1-17-7-6-10-19(13-17)15-24-23(26)20-11-12-21(29-2)22(14-20)30(27,28)25-16-18-8-4-3-5-9-18/h3-14,25H,15-16H2,1-2H3,(H,24,26). The van der Waals surface area contributed by atoms with E-state index < -0.39 is 10.0 Å². The second-order valence-electron chi connectivity index (χ2n) is 6.85. The first-order valence-electron chi connectivity index (χ1n) is 9.44. The van der Waals surface area contributed by atoms with E-state index in [9.17, 15) is 13.2 Å². The van der Waals surface area contributed by atoms with Crippen LogP contribution in [-0.2, 0) is 23.1 Å². The number of amides is 1. The van der Waals surface area contributed by atoms with Crippen molar-refractivity contribution in [3.63, 3.8) is 0 Å². The highest BCUT2D eigenvalue weighted by Crippen LogP contribution is 2.25. The topological polar surface area (TPSA) is 84.5 Å². The Morgan fingerprint density at radius 1 is 0.900 bits per heavy atom. The molecule has 1 amide bonds. The first-order valence-corrected chi connectivity index (χ1v) is 10.9. The van der Waals surface area contributed by atoms with Crippen LogP contribution in [0.15, 0.2) is 77.7 Å². The molecule has 0 aromatic heterocycles. The molecule has 0 saturated heterocycles. The maximum Gasteiger partial charge on any atom is 0.251 e. The third kappa shape index (κ3) is 5.46. The molecule has 7 heteroatoms. The molecule has 3 rings (SSSR count). The predicted octanol–water partition coefficient (Wildman–Crippen LogP) is 3.41. The van der Waals surface area contributed by atoms with Crippen LogP contribution in [0.4, 0.5) is 0 Å². The van der Waals surface area contributed by atoms with Crippen LogP contribution in [0.2, 0.25) is 0 Å². The largest absolute Gasteiger partial charge is 0.495 e. The number of sulfonamides is 1. The van der Waals surface area contributed by atoms with Crippen molar-refractivity contribution in [2.45, 2.75) is 24.9 Å². The van der Waals surface area contributed by atoms with Crippen LogP contribution in [0.3, 0.4) is 0 Å². The van der Waals surface area contributed by atoms with Gasteiger partial charge in [0.05, 0.1) is 7.11 Å². The van der Waals surface area contributed by atoms with Crippen LogP contribution < -0.4 is 14.8 Å². The van der Waals surface area contributed by atoms with Gasteiger partial charge in [-0.15, -0.1) is 0 Å². The van der Waals surface area contributed by atoms with Gasteiger partial charge < -0.3 is 10.1 Å². The number of benzene rings is 3. The van der Waals surface area contributed by atoms with Crippen LogP contribution in [0.25, 0.3) is 0 Å². The van der Waals surface area contributed by atoms with E-state index in [0.717, 1.165) is 16.7 Å². The van der Waals surface area contributed by atoms with E-state index in [0.29, 0.717) is 6.54 Å². The van der Waals surface area contributed by atoms with Crippen molar-refractivity contribution in [2.24, 2.45) is 0 Å². The van der Waals surface area contributed by atoms with E-state index in [1.54, 1.807) is 6.07 Å². The highest BCUT2D eigenvalue weighted by molar-refractivity contribution is 7.89. The van der Waals surface area contributed by atoms with E-state index in [1.807, 2.05) is 61.5 Å². The van der Waals surface area contributed by atoms with Gasteiger partial charge in [0.1, 0.15) is 10.6 Å². The lowest BCUT2D eigenvalue weighted by Gasteiger charge is -2.13. The molecule has 0 fully saturated rings. The Kier molecular flexibility index (Phi) is 6.87. The van der Waals surface area contributed by atoms with E-state index in [2.05, 4.69) is 10.0 Å². The lowest BCUT2D eigenvalue weighted by atomic mass is 10.1. The molecular formula is C23H24N2O4S. The molecule has 0 aliphatic heterocycles. The van der Waals surface area contributed by atoms with Crippen molar-refractivity contribution < 1.29 is 17.9 Å². The Morgan fingerprint density at radius 2 is 1.63 bits per heavy atom. The molecule has 0 unspecified atom stereocenters. The Balaban J connectivity index is 1.77. The summed E-state index contributed by atoms with van der Waals surface area (Å²) in [5, 5.41) is 2.82.